The van der Waals surface area contributed by atoms with E-state index in [1.165, 1.54) is 0 Å². The molecule has 0 saturated heterocycles. The largest absolute Gasteiger partial charge is 0.335 e. The maximum absolute atomic E-state index is 4.69. The predicted octanol–water partition coefficient (Wildman–Crippen LogP) is 3.36. The first-order valence-electron chi connectivity index (χ1n) is 9.35. The molecule has 0 spiro atoms. The number of hydrogen-bond donors (Lipinski definition) is 2. The summed E-state index contributed by atoms with van der Waals surface area (Å²) in [6.07, 6.45) is 10.8. The van der Waals surface area contributed by atoms with Crippen LogP contribution in [0.4, 0.5) is 0 Å². The minimum Gasteiger partial charge on any atom is -0.335 e. The van der Waals surface area contributed by atoms with Crippen LogP contribution in [0.25, 0.3) is 56.0 Å². The van der Waals surface area contributed by atoms with Gasteiger partial charge in [-0.3, -0.25) is 19.7 Å². The molecule has 144 valence electrons. The number of aromatic amines is 2. The summed E-state index contributed by atoms with van der Waals surface area (Å²) in [6, 6.07) is 7.87. The van der Waals surface area contributed by atoms with Gasteiger partial charge in [0.15, 0.2) is 11.5 Å². The Hall–Kier alpha value is -4.40. The summed E-state index contributed by atoms with van der Waals surface area (Å²) in [4.78, 5) is 21.3. The number of nitrogens with zero attached hydrogens (tertiary/aromatic N) is 7. The van der Waals surface area contributed by atoms with E-state index in [1.54, 1.807) is 29.5 Å². The lowest BCUT2D eigenvalue weighted by Gasteiger charge is -2.01. The van der Waals surface area contributed by atoms with Crippen molar-refractivity contribution in [3.8, 4) is 33.9 Å². The van der Waals surface area contributed by atoms with Crippen LogP contribution in [0.3, 0.4) is 0 Å². The van der Waals surface area contributed by atoms with Crippen molar-refractivity contribution in [1.29, 1.82) is 0 Å². The second-order valence-electron chi connectivity index (χ2n) is 6.97. The molecule has 0 bridgehead atoms. The fourth-order valence-electron chi connectivity index (χ4n) is 3.59. The molecule has 30 heavy (non-hydrogen) atoms. The molecule has 0 unspecified atom stereocenters. The fourth-order valence-corrected chi connectivity index (χ4v) is 3.59. The molecule has 0 fully saturated rings. The minimum absolute atomic E-state index is 0.629. The van der Waals surface area contributed by atoms with Gasteiger partial charge < -0.3 is 4.98 Å². The van der Waals surface area contributed by atoms with Crippen LogP contribution >= 0.6 is 0 Å². The molecule has 0 aliphatic heterocycles. The summed E-state index contributed by atoms with van der Waals surface area (Å²) in [5, 5.41) is 12.7. The van der Waals surface area contributed by atoms with Gasteiger partial charge in [0, 0.05) is 53.9 Å². The number of hydrogen-bond acceptors (Lipinski definition) is 6. The topological polar surface area (TPSA) is 114 Å². The highest BCUT2D eigenvalue weighted by molar-refractivity contribution is 5.96. The fraction of sp³-hybridized carbons (Fsp3) is 0.0476. The third-order valence-corrected chi connectivity index (χ3v) is 5.04. The van der Waals surface area contributed by atoms with Gasteiger partial charge in [-0.2, -0.15) is 10.2 Å². The lowest BCUT2D eigenvalue weighted by molar-refractivity contribution is 0.768. The van der Waals surface area contributed by atoms with E-state index in [-0.39, 0.29) is 0 Å². The Morgan fingerprint density at radius 2 is 1.97 bits per heavy atom. The lowest BCUT2D eigenvalue weighted by Crippen LogP contribution is -1.85. The molecule has 0 aliphatic rings. The third-order valence-electron chi connectivity index (χ3n) is 5.04. The maximum Gasteiger partial charge on any atom is 0.178 e. The molecule has 9 nitrogen and oxygen atoms in total. The summed E-state index contributed by atoms with van der Waals surface area (Å²) < 4.78 is 1.75. The molecule has 6 aromatic heterocycles. The van der Waals surface area contributed by atoms with Crippen LogP contribution in [0.1, 0.15) is 0 Å². The van der Waals surface area contributed by atoms with Crippen molar-refractivity contribution in [2.45, 2.75) is 0 Å². The number of pyridine rings is 3. The Morgan fingerprint density at radius 3 is 2.80 bits per heavy atom. The molecule has 9 heteroatoms. The van der Waals surface area contributed by atoms with Gasteiger partial charge in [0.1, 0.15) is 5.69 Å². The first-order chi connectivity index (χ1) is 14.8. The Morgan fingerprint density at radius 1 is 1.00 bits per heavy atom. The van der Waals surface area contributed by atoms with E-state index in [0.29, 0.717) is 17.2 Å². The van der Waals surface area contributed by atoms with E-state index in [2.05, 4.69) is 35.2 Å². The zero-order valence-corrected chi connectivity index (χ0v) is 15.9. The third kappa shape index (κ3) is 2.56. The van der Waals surface area contributed by atoms with Crippen LogP contribution in [0.5, 0.6) is 0 Å². The van der Waals surface area contributed by atoms with Crippen LogP contribution in [0, 0.1) is 0 Å². The molecule has 2 N–H and O–H groups in total. The van der Waals surface area contributed by atoms with Gasteiger partial charge >= 0.3 is 0 Å². The van der Waals surface area contributed by atoms with E-state index in [4.69, 9.17) is 4.98 Å². The highest BCUT2D eigenvalue weighted by atomic mass is 15.2. The van der Waals surface area contributed by atoms with Crippen LogP contribution in [0.15, 0.2) is 61.4 Å². The van der Waals surface area contributed by atoms with Crippen molar-refractivity contribution in [2.24, 2.45) is 7.05 Å². The number of imidazole rings is 1. The molecule has 0 atom stereocenters. The number of rotatable bonds is 3. The normalized spacial score (nSPS) is 11.5. The maximum atomic E-state index is 4.69. The molecule has 0 radical (unpaired) electrons. The van der Waals surface area contributed by atoms with Crippen molar-refractivity contribution >= 4 is 22.1 Å². The quantitative estimate of drug-likeness (QED) is 0.477. The van der Waals surface area contributed by atoms with Gasteiger partial charge in [-0.1, -0.05) is 6.07 Å². The Labute approximate surface area is 169 Å². The van der Waals surface area contributed by atoms with E-state index in [0.717, 1.165) is 38.8 Å². The zero-order chi connectivity index (χ0) is 20.1. The van der Waals surface area contributed by atoms with Crippen LogP contribution in [0.2, 0.25) is 0 Å². The molecular weight excluding hydrogens is 378 g/mol. The molecular formula is C21H15N9. The Kier molecular flexibility index (Phi) is 3.48. The van der Waals surface area contributed by atoms with Gasteiger partial charge in [-0.25, -0.2) is 9.97 Å². The second-order valence-corrected chi connectivity index (χ2v) is 6.97. The number of H-pyrrole nitrogens is 2. The highest BCUT2D eigenvalue weighted by Gasteiger charge is 2.17. The Bertz CT molecular complexity index is 1510. The molecule has 0 aliphatic carbocycles. The van der Waals surface area contributed by atoms with Crippen molar-refractivity contribution in [3.63, 3.8) is 0 Å². The highest BCUT2D eigenvalue weighted by Crippen LogP contribution is 2.31. The van der Waals surface area contributed by atoms with Crippen LogP contribution in [-0.2, 0) is 7.05 Å². The standard InChI is InChI=1S/C21H15N9/c1-30-11-13(9-25-30)16-7-15-17(10-24-16)28-29-19(15)21-26-18-14(4-6-23-20(18)27-21)12-3-2-5-22-8-12/h2-11H,1H3,(H,28,29)(H,23,26,27). The summed E-state index contributed by atoms with van der Waals surface area (Å²) in [7, 11) is 1.88. The smallest absolute Gasteiger partial charge is 0.178 e. The molecule has 0 amide bonds. The van der Waals surface area contributed by atoms with Gasteiger partial charge in [-0.05, 0) is 18.2 Å². The first-order valence-corrected chi connectivity index (χ1v) is 9.35. The first kappa shape index (κ1) is 16.5. The van der Waals surface area contributed by atoms with E-state index in [9.17, 15) is 0 Å². The van der Waals surface area contributed by atoms with Gasteiger partial charge in [0.25, 0.3) is 0 Å². The molecule has 0 aromatic carbocycles. The van der Waals surface area contributed by atoms with E-state index >= 15 is 0 Å². The number of nitrogens with one attached hydrogen (secondary N) is 2. The van der Waals surface area contributed by atoms with Gasteiger partial charge in [0.2, 0.25) is 0 Å². The van der Waals surface area contributed by atoms with Gasteiger partial charge in [0.05, 0.1) is 29.1 Å². The summed E-state index contributed by atoms with van der Waals surface area (Å²) in [6.45, 7) is 0. The Balaban J connectivity index is 1.52. The summed E-state index contributed by atoms with van der Waals surface area (Å²) in [5.41, 5.74) is 6.77. The zero-order valence-electron chi connectivity index (χ0n) is 15.9. The SMILES string of the molecule is Cn1cc(-c2cc3c(-c4nc5nccc(-c6cccnc6)c5[nH]4)n[nH]c3cn2)cn1. The van der Waals surface area contributed by atoms with Crippen molar-refractivity contribution in [3.05, 3.63) is 61.4 Å². The predicted molar refractivity (Wildman–Crippen MR) is 112 cm³/mol. The molecule has 6 aromatic rings. The number of aromatic nitrogens is 9. The van der Waals surface area contributed by atoms with Crippen LogP contribution < -0.4 is 0 Å². The van der Waals surface area contributed by atoms with Crippen molar-refractivity contribution in [2.75, 3.05) is 0 Å². The van der Waals surface area contributed by atoms with Gasteiger partial charge in [-0.15, -0.1) is 0 Å². The lowest BCUT2D eigenvalue weighted by atomic mass is 10.1. The molecule has 6 rings (SSSR count). The minimum atomic E-state index is 0.629. The molecule has 0 saturated carbocycles. The van der Waals surface area contributed by atoms with Crippen molar-refractivity contribution < 1.29 is 0 Å². The van der Waals surface area contributed by atoms with E-state index < -0.39 is 0 Å². The van der Waals surface area contributed by atoms with Crippen LogP contribution in [-0.4, -0.2) is 44.9 Å². The average molecular weight is 393 g/mol. The van der Waals surface area contributed by atoms with Crippen molar-refractivity contribution in [1.82, 2.24) is 44.9 Å². The number of fused-ring (bicyclic) bond motifs is 2. The average Bonchev–Trinajstić information content (AvgIpc) is 3.50. The van der Waals surface area contributed by atoms with E-state index in [1.807, 2.05) is 43.7 Å². The summed E-state index contributed by atoms with van der Waals surface area (Å²) >= 11 is 0. The second kappa shape index (κ2) is 6.31. The summed E-state index contributed by atoms with van der Waals surface area (Å²) in [5.74, 6) is 0.642. The monoisotopic (exact) mass is 393 g/mol. The number of aryl methyl sites for hydroxylation is 1. The molecule has 6 heterocycles.